The summed E-state index contributed by atoms with van der Waals surface area (Å²) in [5.74, 6) is -0.595. The Kier molecular flexibility index (Phi) is 5.27. The first-order chi connectivity index (χ1) is 12.9. The molecule has 3 rings (SSSR count). The minimum atomic E-state index is -0.802. The van der Waals surface area contributed by atoms with Crippen LogP contribution in [0.4, 0.5) is 0 Å². The molecule has 1 aromatic carbocycles. The summed E-state index contributed by atoms with van der Waals surface area (Å²) in [7, 11) is 2.98. The topological polar surface area (TPSA) is 52.6 Å². The van der Waals surface area contributed by atoms with Crippen LogP contribution in [0.5, 0.6) is 5.75 Å². The van der Waals surface area contributed by atoms with Crippen LogP contribution in [0.15, 0.2) is 43.5 Å². The third kappa shape index (κ3) is 2.91. The van der Waals surface area contributed by atoms with Gasteiger partial charge < -0.3 is 9.47 Å². The van der Waals surface area contributed by atoms with Gasteiger partial charge in [0.25, 0.3) is 0 Å². The first-order valence-corrected chi connectivity index (χ1v) is 9.46. The van der Waals surface area contributed by atoms with Crippen molar-refractivity contribution in [2.24, 2.45) is 23.2 Å². The molecular formula is C23H28O4. The van der Waals surface area contributed by atoms with Gasteiger partial charge in [-0.2, -0.15) is 0 Å². The summed E-state index contributed by atoms with van der Waals surface area (Å²) in [6.45, 7) is 9.83. The van der Waals surface area contributed by atoms with E-state index in [-0.39, 0.29) is 23.5 Å². The lowest BCUT2D eigenvalue weighted by Crippen LogP contribution is -2.47. The van der Waals surface area contributed by atoms with Gasteiger partial charge in [0.2, 0.25) is 0 Å². The molecule has 4 atom stereocenters. The van der Waals surface area contributed by atoms with Crippen LogP contribution in [-0.2, 0) is 20.7 Å². The fourth-order valence-electron chi connectivity index (χ4n) is 5.00. The van der Waals surface area contributed by atoms with E-state index in [0.717, 1.165) is 29.7 Å². The zero-order valence-electron chi connectivity index (χ0n) is 16.4. The van der Waals surface area contributed by atoms with Crippen LogP contribution < -0.4 is 4.74 Å². The van der Waals surface area contributed by atoms with Gasteiger partial charge in [0, 0.05) is 11.3 Å². The van der Waals surface area contributed by atoms with Gasteiger partial charge in [0.15, 0.2) is 5.78 Å². The van der Waals surface area contributed by atoms with Crippen molar-refractivity contribution in [2.45, 2.75) is 32.1 Å². The Hall–Kier alpha value is -2.36. The molecule has 0 radical (unpaired) electrons. The number of Topliss-reactive ketones (excluding diaryl/α,β-unsaturated/α-hetero) is 1. The van der Waals surface area contributed by atoms with E-state index in [0.29, 0.717) is 6.42 Å². The number of hydrogen-bond donors (Lipinski definition) is 0. The van der Waals surface area contributed by atoms with Crippen LogP contribution in [0.2, 0.25) is 0 Å². The molecule has 2 unspecified atom stereocenters. The van der Waals surface area contributed by atoms with Crippen LogP contribution in [-0.4, -0.2) is 26.0 Å². The number of benzene rings is 1. The van der Waals surface area contributed by atoms with Gasteiger partial charge in [0.05, 0.1) is 14.2 Å². The largest absolute Gasteiger partial charge is 0.497 e. The summed E-state index contributed by atoms with van der Waals surface area (Å²) in [5.41, 5.74) is 1.48. The molecule has 1 fully saturated rings. The molecule has 0 bridgehead atoms. The fraction of sp³-hybridized carbons (Fsp3) is 0.478. The highest BCUT2D eigenvalue weighted by Gasteiger charge is 2.55. The average molecular weight is 368 g/mol. The Balaban J connectivity index is 1.98. The third-order valence-corrected chi connectivity index (χ3v) is 6.76. The van der Waals surface area contributed by atoms with Gasteiger partial charge in [-0.3, -0.25) is 9.59 Å². The van der Waals surface area contributed by atoms with E-state index in [1.807, 2.05) is 37.3 Å². The van der Waals surface area contributed by atoms with Gasteiger partial charge in [-0.1, -0.05) is 25.1 Å². The molecule has 1 aromatic rings. The normalized spacial score (nSPS) is 26.3. The van der Waals surface area contributed by atoms with Crippen molar-refractivity contribution < 1.29 is 19.1 Å². The number of ether oxygens (including phenoxy) is 2. The number of methoxy groups -OCH3 is 2. The molecule has 0 heterocycles. The number of fused-ring (bicyclic) bond motifs is 1. The Labute approximate surface area is 161 Å². The summed E-state index contributed by atoms with van der Waals surface area (Å²) in [4.78, 5) is 26.4. The van der Waals surface area contributed by atoms with Gasteiger partial charge in [-0.05, 0) is 54.4 Å². The predicted molar refractivity (Wildman–Crippen MR) is 105 cm³/mol. The minimum Gasteiger partial charge on any atom is -0.497 e. The van der Waals surface area contributed by atoms with Crippen molar-refractivity contribution >= 4 is 11.8 Å². The van der Waals surface area contributed by atoms with Crippen molar-refractivity contribution in [1.29, 1.82) is 0 Å². The molecule has 144 valence electrons. The first kappa shape index (κ1) is 19.4. The highest BCUT2D eigenvalue weighted by atomic mass is 16.5. The molecule has 4 heteroatoms. The van der Waals surface area contributed by atoms with E-state index in [9.17, 15) is 9.59 Å². The van der Waals surface area contributed by atoms with Crippen molar-refractivity contribution in [3.8, 4) is 5.75 Å². The van der Waals surface area contributed by atoms with Crippen LogP contribution in [0.3, 0.4) is 0 Å². The van der Waals surface area contributed by atoms with E-state index in [4.69, 9.17) is 9.47 Å². The lowest BCUT2D eigenvalue weighted by Gasteiger charge is -2.41. The molecule has 0 aliphatic heterocycles. The number of carbonyl (C=O) groups is 2. The summed E-state index contributed by atoms with van der Waals surface area (Å²) < 4.78 is 10.3. The smallest absolute Gasteiger partial charge is 0.316 e. The lowest BCUT2D eigenvalue weighted by atomic mass is 9.61. The van der Waals surface area contributed by atoms with E-state index in [2.05, 4.69) is 13.2 Å². The quantitative estimate of drug-likeness (QED) is 0.413. The van der Waals surface area contributed by atoms with Crippen molar-refractivity contribution in [3.63, 3.8) is 0 Å². The Morgan fingerprint density at radius 1 is 1.19 bits per heavy atom. The van der Waals surface area contributed by atoms with Crippen LogP contribution in [0, 0.1) is 23.2 Å². The Bertz CT molecular complexity index is 763. The number of rotatable bonds is 7. The second-order valence-electron chi connectivity index (χ2n) is 7.78. The summed E-state index contributed by atoms with van der Waals surface area (Å²) in [5, 5.41) is 0. The maximum atomic E-state index is 13.8. The molecule has 2 aliphatic rings. The fourth-order valence-corrected chi connectivity index (χ4v) is 5.00. The zero-order chi connectivity index (χ0) is 19.8. The van der Waals surface area contributed by atoms with Crippen LogP contribution in [0.25, 0.3) is 0 Å². The predicted octanol–water partition coefficient (Wildman–Crippen LogP) is 4.10. The Morgan fingerprint density at radius 3 is 2.30 bits per heavy atom. The molecule has 0 aromatic heterocycles. The van der Waals surface area contributed by atoms with Gasteiger partial charge in [0.1, 0.15) is 11.7 Å². The van der Waals surface area contributed by atoms with Crippen molar-refractivity contribution in [3.05, 3.63) is 54.6 Å². The standard InChI is InChI=1S/C23H28O4/c1-6-15-8-9-16(7-2)23(15,3)21(24)20(22(25)27-5)19-13-14-12-17(26-4)10-11-18(14)19/h6-7,10-12,15-16,19-20H,1-2,8-9,13H2,3-5H3/t15-,16-,19?,20?/m0/s1. The third-order valence-electron chi connectivity index (χ3n) is 6.76. The average Bonchev–Trinajstić information content (AvgIpc) is 3.01. The summed E-state index contributed by atoms with van der Waals surface area (Å²) >= 11 is 0. The lowest BCUT2D eigenvalue weighted by molar-refractivity contribution is -0.155. The van der Waals surface area contributed by atoms with Gasteiger partial charge in [-0.15, -0.1) is 13.2 Å². The monoisotopic (exact) mass is 368 g/mol. The second-order valence-corrected chi connectivity index (χ2v) is 7.78. The molecule has 1 saturated carbocycles. The highest BCUT2D eigenvalue weighted by Crippen LogP contribution is 2.53. The molecule has 0 amide bonds. The molecule has 4 nitrogen and oxygen atoms in total. The number of allylic oxidation sites excluding steroid dienone is 2. The van der Waals surface area contributed by atoms with Crippen LogP contribution in [0.1, 0.15) is 36.8 Å². The number of ketones is 1. The maximum Gasteiger partial charge on any atom is 0.316 e. The number of carbonyl (C=O) groups excluding carboxylic acids is 2. The molecule has 0 saturated heterocycles. The minimum absolute atomic E-state index is 0.0376. The van der Waals surface area contributed by atoms with E-state index >= 15 is 0 Å². The molecule has 0 spiro atoms. The van der Waals surface area contributed by atoms with Gasteiger partial charge >= 0.3 is 5.97 Å². The second kappa shape index (κ2) is 7.34. The summed E-state index contributed by atoms with van der Waals surface area (Å²) in [6, 6.07) is 5.81. The zero-order valence-corrected chi connectivity index (χ0v) is 16.4. The molecule has 27 heavy (non-hydrogen) atoms. The number of esters is 1. The SMILES string of the molecule is C=C[C@H]1CC[C@H](C=C)C1(C)C(=O)C(C(=O)OC)C1Cc2cc(OC)ccc21. The molecule has 2 aliphatic carbocycles. The first-order valence-electron chi connectivity index (χ1n) is 9.46. The summed E-state index contributed by atoms with van der Waals surface area (Å²) in [6.07, 6.45) is 6.15. The van der Waals surface area contributed by atoms with E-state index < -0.39 is 17.3 Å². The Morgan fingerprint density at radius 2 is 1.81 bits per heavy atom. The maximum absolute atomic E-state index is 13.8. The van der Waals surface area contributed by atoms with Gasteiger partial charge in [-0.25, -0.2) is 0 Å². The van der Waals surface area contributed by atoms with Crippen molar-refractivity contribution in [2.75, 3.05) is 14.2 Å². The van der Waals surface area contributed by atoms with Crippen molar-refractivity contribution in [1.82, 2.24) is 0 Å². The van der Waals surface area contributed by atoms with Crippen LogP contribution >= 0.6 is 0 Å². The van der Waals surface area contributed by atoms with E-state index in [1.54, 1.807) is 7.11 Å². The number of hydrogen-bond acceptors (Lipinski definition) is 4. The molecular weight excluding hydrogens is 340 g/mol. The van der Waals surface area contributed by atoms with E-state index in [1.165, 1.54) is 7.11 Å². The molecule has 0 N–H and O–H groups in total. The highest BCUT2D eigenvalue weighted by molar-refractivity contribution is 6.04.